The van der Waals surface area contributed by atoms with Gasteiger partial charge in [-0.05, 0) is 6.92 Å². The largest absolute Gasteiger partial charge is 0.259 e. The Morgan fingerprint density at radius 3 is 1.73 bits per heavy atom. The molecule has 1 rings (SSSR count). The van der Waals surface area contributed by atoms with Crippen LogP contribution in [0.15, 0.2) is 12.4 Å². The highest BCUT2D eigenvalue weighted by Crippen LogP contribution is 2.06. The highest BCUT2D eigenvalue weighted by atomic mass is 19.1. The zero-order chi connectivity index (χ0) is 8.85. The van der Waals surface area contributed by atoms with E-state index in [1.165, 1.54) is 6.92 Å². The Morgan fingerprint density at radius 2 is 1.45 bits per heavy atom. The fourth-order valence-corrected chi connectivity index (χ4v) is 0.476. The lowest BCUT2D eigenvalue weighted by Gasteiger charge is -1.93. The third-order valence-electron chi connectivity index (χ3n) is 1.09. The summed E-state index contributed by atoms with van der Waals surface area (Å²) in [4.78, 5) is 3.29. The van der Waals surface area contributed by atoms with Gasteiger partial charge in [0.05, 0.1) is 12.4 Å². The summed E-state index contributed by atoms with van der Waals surface area (Å²) in [5.41, 5.74) is 0.0185. The SMILES string of the molecule is CC.Cc1c(F)cncc1F. The van der Waals surface area contributed by atoms with Crippen molar-refractivity contribution in [2.45, 2.75) is 20.8 Å². The lowest BCUT2D eigenvalue weighted by atomic mass is 10.3. The Hall–Kier alpha value is -0.990. The predicted octanol–water partition coefficient (Wildman–Crippen LogP) is 2.69. The number of hydrogen-bond acceptors (Lipinski definition) is 1. The molecule has 11 heavy (non-hydrogen) atoms. The van der Waals surface area contributed by atoms with Crippen LogP contribution in [0, 0.1) is 18.6 Å². The molecule has 0 aliphatic rings. The van der Waals surface area contributed by atoms with Gasteiger partial charge < -0.3 is 0 Å². The average Bonchev–Trinajstić information content (AvgIpc) is 2.04. The molecule has 0 bridgehead atoms. The summed E-state index contributed by atoms with van der Waals surface area (Å²) in [7, 11) is 0. The average molecular weight is 159 g/mol. The number of hydrogen-bond donors (Lipinski definition) is 0. The number of rotatable bonds is 0. The molecule has 0 unspecified atom stereocenters. The molecule has 0 radical (unpaired) electrons. The van der Waals surface area contributed by atoms with E-state index in [2.05, 4.69) is 4.98 Å². The van der Waals surface area contributed by atoms with Crippen LogP contribution >= 0.6 is 0 Å². The number of pyridine rings is 1. The first-order valence-corrected chi connectivity index (χ1v) is 3.47. The van der Waals surface area contributed by atoms with Gasteiger partial charge in [-0.25, -0.2) is 8.78 Å². The smallest absolute Gasteiger partial charge is 0.147 e. The molecule has 0 aliphatic heterocycles. The van der Waals surface area contributed by atoms with Crippen LogP contribution in [0.1, 0.15) is 19.4 Å². The van der Waals surface area contributed by atoms with E-state index in [1.807, 2.05) is 13.8 Å². The molecule has 3 heteroatoms. The van der Waals surface area contributed by atoms with Gasteiger partial charge >= 0.3 is 0 Å². The first-order chi connectivity index (χ1) is 5.22. The van der Waals surface area contributed by atoms with Crippen LogP contribution in [0.3, 0.4) is 0 Å². The Bertz CT molecular complexity index is 203. The van der Waals surface area contributed by atoms with E-state index in [0.717, 1.165) is 12.4 Å². The molecule has 0 amide bonds. The second-order valence-corrected chi connectivity index (χ2v) is 1.73. The van der Waals surface area contributed by atoms with Crippen LogP contribution in [0.4, 0.5) is 8.78 Å². The first kappa shape index (κ1) is 10.0. The van der Waals surface area contributed by atoms with Gasteiger partial charge in [-0.3, -0.25) is 4.98 Å². The molecule has 1 nitrogen and oxygen atoms in total. The van der Waals surface area contributed by atoms with Crippen molar-refractivity contribution in [2.24, 2.45) is 0 Å². The third kappa shape index (κ3) is 2.62. The van der Waals surface area contributed by atoms with Gasteiger partial charge in [0.2, 0.25) is 0 Å². The van der Waals surface area contributed by atoms with Crippen molar-refractivity contribution in [3.8, 4) is 0 Å². The van der Waals surface area contributed by atoms with E-state index in [-0.39, 0.29) is 5.56 Å². The van der Waals surface area contributed by atoms with Crippen molar-refractivity contribution in [3.63, 3.8) is 0 Å². The lowest BCUT2D eigenvalue weighted by Crippen LogP contribution is -1.88. The Labute approximate surface area is 65.1 Å². The fourth-order valence-electron chi connectivity index (χ4n) is 0.476. The van der Waals surface area contributed by atoms with Crippen molar-refractivity contribution in [1.82, 2.24) is 4.98 Å². The number of nitrogens with zero attached hydrogens (tertiary/aromatic N) is 1. The third-order valence-corrected chi connectivity index (χ3v) is 1.09. The fraction of sp³-hybridized carbons (Fsp3) is 0.375. The van der Waals surface area contributed by atoms with E-state index in [0.29, 0.717) is 0 Å². The van der Waals surface area contributed by atoms with Gasteiger partial charge in [-0.1, -0.05) is 13.8 Å². The topological polar surface area (TPSA) is 12.9 Å². The molecule has 0 spiro atoms. The highest BCUT2D eigenvalue weighted by molar-refractivity contribution is 5.11. The predicted molar refractivity (Wildman–Crippen MR) is 40.2 cm³/mol. The molecule has 1 aromatic rings. The van der Waals surface area contributed by atoms with E-state index >= 15 is 0 Å². The molecule has 0 saturated heterocycles. The van der Waals surface area contributed by atoms with E-state index in [9.17, 15) is 8.78 Å². The molecule has 0 aromatic carbocycles. The monoisotopic (exact) mass is 159 g/mol. The normalized spacial score (nSPS) is 8.45. The van der Waals surface area contributed by atoms with E-state index in [1.54, 1.807) is 0 Å². The molecule has 0 atom stereocenters. The number of halogens is 2. The van der Waals surface area contributed by atoms with Crippen LogP contribution in [0.25, 0.3) is 0 Å². The van der Waals surface area contributed by atoms with Gasteiger partial charge in [-0.15, -0.1) is 0 Å². The molecular weight excluding hydrogens is 148 g/mol. The minimum atomic E-state index is -0.602. The molecule has 1 heterocycles. The van der Waals surface area contributed by atoms with Gasteiger partial charge in [-0.2, -0.15) is 0 Å². The van der Waals surface area contributed by atoms with Crippen LogP contribution in [0.2, 0.25) is 0 Å². The molecule has 0 saturated carbocycles. The second kappa shape index (κ2) is 4.77. The van der Waals surface area contributed by atoms with Crippen molar-refractivity contribution >= 4 is 0 Å². The maximum Gasteiger partial charge on any atom is 0.147 e. The number of aromatic nitrogens is 1. The summed E-state index contributed by atoms with van der Waals surface area (Å²) in [6.07, 6.45) is 1.97. The summed E-state index contributed by atoms with van der Waals surface area (Å²) < 4.78 is 24.6. The van der Waals surface area contributed by atoms with Crippen LogP contribution in [-0.4, -0.2) is 4.98 Å². The van der Waals surface area contributed by atoms with Crippen LogP contribution < -0.4 is 0 Å². The summed E-state index contributed by atoms with van der Waals surface area (Å²) in [5, 5.41) is 0. The molecule has 62 valence electrons. The molecular formula is C8H11F2N. The van der Waals surface area contributed by atoms with Crippen molar-refractivity contribution in [1.29, 1.82) is 0 Å². The zero-order valence-electron chi connectivity index (χ0n) is 6.86. The second-order valence-electron chi connectivity index (χ2n) is 1.73. The van der Waals surface area contributed by atoms with Crippen LogP contribution in [-0.2, 0) is 0 Å². The minimum absolute atomic E-state index is 0.0185. The van der Waals surface area contributed by atoms with Crippen molar-refractivity contribution in [2.75, 3.05) is 0 Å². The zero-order valence-corrected chi connectivity index (χ0v) is 6.86. The lowest BCUT2D eigenvalue weighted by molar-refractivity contribution is 0.558. The van der Waals surface area contributed by atoms with Gasteiger partial charge in [0.25, 0.3) is 0 Å². The Balaban J connectivity index is 0.000000461. The van der Waals surface area contributed by atoms with Gasteiger partial charge in [0.1, 0.15) is 11.6 Å². The highest BCUT2D eigenvalue weighted by Gasteiger charge is 2.00. The quantitative estimate of drug-likeness (QED) is 0.567. The van der Waals surface area contributed by atoms with E-state index in [4.69, 9.17) is 0 Å². The van der Waals surface area contributed by atoms with Crippen molar-refractivity contribution in [3.05, 3.63) is 29.6 Å². The van der Waals surface area contributed by atoms with Crippen molar-refractivity contribution < 1.29 is 8.78 Å². The maximum atomic E-state index is 12.3. The minimum Gasteiger partial charge on any atom is -0.259 e. The Kier molecular flexibility index (Phi) is 4.34. The maximum absolute atomic E-state index is 12.3. The van der Waals surface area contributed by atoms with E-state index < -0.39 is 11.6 Å². The van der Waals surface area contributed by atoms with Gasteiger partial charge in [0, 0.05) is 5.56 Å². The summed E-state index contributed by atoms with van der Waals surface area (Å²) in [6, 6.07) is 0. The molecule has 0 fully saturated rings. The summed E-state index contributed by atoms with van der Waals surface area (Å²) >= 11 is 0. The summed E-state index contributed by atoms with van der Waals surface area (Å²) in [6.45, 7) is 5.37. The standard InChI is InChI=1S/C6H5F2N.C2H6/c1-4-5(7)2-9-3-6(4)8;1-2/h2-3H,1H3;1-2H3. The Morgan fingerprint density at radius 1 is 1.09 bits per heavy atom. The molecule has 1 aromatic heterocycles. The van der Waals surface area contributed by atoms with Gasteiger partial charge in [0.15, 0.2) is 0 Å². The van der Waals surface area contributed by atoms with Crippen LogP contribution in [0.5, 0.6) is 0 Å². The molecule has 0 aliphatic carbocycles. The molecule has 0 N–H and O–H groups in total. The first-order valence-electron chi connectivity index (χ1n) is 3.47. The summed E-state index contributed by atoms with van der Waals surface area (Å²) in [5.74, 6) is -1.20.